The summed E-state index contributed by atoms with van der Waals surface area (Å²) in [7, 11) is 0. The predicted octanol–water partition coefficient (Wildman–Crippen LogP) is 3.73. The van der Waals surface area contributed by atoms with Gasteiger partial charge in [-0.1, -0.05) is 17.7 Å². The number of ether oxygens (including phenoxy) is 1. The molecule has 104 valence electrons. The topological polar surface area (TPSA) is 52.3 Å². The highest BCUT2D eigenvalue weighted by atomic mass is 35.5. The molecule has 0 fully saturated rings. The highest BCUT2D eigenvalue weighted by molar-refractivity contribution is 6.33. The third kappa shape index (κ3) is 3.27. The van der Waals surface area contributed by atoms with E-state index in [1.54, 1.807) is 19.1 Å². The van der Waals surface area contributed by atoms with E-state index >= 15 is 0 Å². The molecule has 0 radical (unpaired) electrons. The number of halogens is 2. The number of carbonyl (C=O) groups is 1. The van der Waals surface area contributed by atoms with Crippen LogP contribution in [0.1, 0.15) is 21.5 Å². The first-order valence-electron chi connectivity index (χ1n) is 5.94. The van der Waals surface area contributed by atoms with E-state index in [1.165, 1.54) is 24.3 Å². The van der Waals surface area contributed by atoms with Crippen molar-refractivity contribution in [3.63, 3.8) is 0 Å². The first kappa shape index (κ1) is 14.3. The van der Waals surface area contributed by atoms with E-state index in [1.807, 2.05) is 0 Å². The van der Waals surface area contributed by atoms with Gasteiger partial charge in [-0.3, -0.25) is 0 Å². The molecule has 0 heterocycles. The molecule has 0 atom stereocenters. The fourth-order valence-electron chi connectivity index (χ4n) is 1.72. The molecule has 0 unspecified atom stereocenters. The molecule has 0 bridgehead atoms. The number of rotatable bonds is 3. The Kier molecular flexibility index (Phi) is 4.25. The number of hydrogen-bond acceptors (Lipinski definition) is 3. The van der Waals surface area contributed by atoms with Crippen LogP contribution in [0.25, 0.3) is 0 Å². The van der Waals surface area contributed by atoms with E-state index in [4.69, 9.17) is 22.1 Å². The summed E-state index contributed by atoms with van der Waals surface area (Å²) in [6, 6.07) is 8.85. The highest BCUT2D eigenvalue weighted by Crippen LogP contribution is 2.20. The number of esters is 1. The van der Waals surface area contributed by atoms with Crippen molar-refractivity contribution in [3.05, 3.63) is 63.9 Å². The lowest BCUT2D eigenvalue weighted by molar-refractivity contribution is 0.0472. The molecule has 20 heavy (non-hydrogen) atoms. The number of benzene rings is 2. The molecule has 0 aliphatic heterocycles. The van der Waals surface area contributed by atoms with E-state index in [0.717, 1.165) is 11.1 Å². The molecule has 2 aromatic carbocycles. The van der Waals surface area contributed by atoms with Crippen molar-refractivity contribution >= 4 is 23.3 Å². The first-order chi connectivity index (χ1) is 9.47. The summed E-state index contributed by atoms with van der Waals surface area (Å²) >= 11 is 5.78. The maximum absolute atomic E-state index is 13.0. The molecular formula is C15H13ClFNO2. The van der Waals surface area contributed by atoms with Gasteiger partial charge in [0.1, 0.15) is 12.4 Å². The van der Waals surface area contributed by atoms with Gasteiger partial charge in [0, 0.05) is 0 Å². The Hall–Kier alpha value is -2.07. The van der Waals surface area contributed by atoms with Gasteiger partial charge >= 0.3 is 5.97 Å². The van der Waals surface area contributed by atoms with E-state index in [0.29, 0.717) is 16.3 Å². The number of anilines is 1. The van der Waals surface area contributed by atoms with Crippen molar-refractivity contribution in [2.24, 2.45) is 0 Å². The summed E-state index contributed by atoms with van der Waals surface area (Å²) in [6.07, 6.45) is 0. The SMILES string of the molecule is Cc1cc(F)ccc1COC(=O)c1ccc(Cl)c(N)c1. The lowest BCUT2D eigenvalue weighted by Crippen LogP contribution is -2.06. The normalized spacial score (nSPS) is 10.3. The standard InChI is InChI=1S/C15H13ClFNO2/c1-9-6-12(17)4-2-11(9)8-20-15(19)10-3-5-13(16)14(18)7-10/h2-7H,8,18H2,1H3. The molecular weight excluding hydrogens is 281 g/mol. The van der Waals surface area contributed by atoms with E-state index in [-0.39, 0.29) is 12.4 Å². The molecule has 0 saturated carbocycles. The average molecular weight is 294 g/mol. The molecule has 0 aliphatic rings. The summed E-state index contributed by atoms with van der Waals surface area (Å²) in [4.78, 5) is 11.9. The van der Waals surface area contributed by atoms with Gasteiger partial charge in [0.2, 0.25) is 0 Å². The fourth-order valence-corrected chi connectivity index (χ4v) is 1.84. The minimum Gasteiger partial charge on any atom is -0.457 e. The molecule has 0 aromatic heterocycles. The molecule has 2 N–H and O–H groups in total. The van der Waals surface area contributed by atoms with Crippen LogP contribution >= 0.6 is 11.6 Å². The number of nitrogens with two attached hydrogens (primary N) is 1. The van der Waals surface area contributed by atoms with Gasteiger partial charge < -0.3 is 10.5 Å². The van der Waals surface area contributed by atoms with Crippen LogP contribution in [-0.2, 0) is 11.3 Å². The second kappa shape index (κ2) is 5.92. The number of nitrogen functional groups attached to an aromatic ring is 1. The van der Waals surface area contributed by atoms with Gasteiger partial charge in [0.05, 0.1) is 16.3 Å². The van der Waals surface area contributed by atoms with Gasteiger partial charge in [0.25, 0.3) is 0 Å². The minimum atomic E-state index is -0.503. The maximum Gasteiger partial charge on any atom is 0.338 e. The largest absolute Gasteiger partial charge is 0.457 e. The molecule has 2 rings (SSSR count). The van der Waals surface area contributed by atoms with Crippen molar-refractivity contribution in [1.82, 2.24) is 0 Å². The van der Waals surface area contributed by atoms with Gasteiger partial charge in [-0.2, -0.15) is 0 Å². The van der Waals surface area contributed by atoms with Crippen molar-refractivity contribution < 1.29 is 13.9 Å². The van der Waals surface area contributed by atoms with E-state index in [9.17, 15) is 9.18 Å². The van der Waals surface area contributed by atoms with E-state index in [2.05, 4.69) is 0 Å². The lowest BCUT2D eigenvalue weighted by atomic mass is 10.1. The van der Waals surface area contributed by atoms with Crippen LogP contribution in [0.4, 0.5) is 10.1 Å². The Balaban J connectivity index is 2.06. The summed E-state index contributed by atoms with van der Waals surface area (Å²) in [5.74, 6) is -0.819. The third-order valence-corrected chi connectivity index (χ3v) is 3.24. The Labute approximate surface area is 121 Å². The Morgan fingerprint density at radius 2 is 2.05 bits per heavy atom. The van der Waals surface area contributed by atoms with Crippen LogP contribution in [0, 0.1) is 12.7 Å². The molecule has 3 nitrogen and oxygen atoms in total. The predicted molar refractivity (Wildman–Crippen MR) is 76.1 cm³/mol. The van der Waals surface area contributed by atoms with Crippen LogP contribution in [0.15, 0.2) is 36.4 Å². The maximum atomic E-state index is 13.0. The van der Waals surface area contributed by atoms with Gasteiger partial charge in [0.15, 0.2) is 0 Å². The number of aryl methyl sites for hydroxylation is 1. The third-order valence-electron chi connectivity index (χ3n) is 2.90. The van der Waals surface area contributed by atoms with Crippen LogP contribution in [0.2, 0.25) is 5.02 Å². The zero-order valence-corrected chi connectivity index (χ0v) is 11.6. The van der Waals surface area contributed by atoms with Crippen molar-refractivity contribution in [2.45, 2.75) is 13.5 Å². The zero-order chi connectivity index (χ0) is 14.7. The Morgan fingerprint density at radius 3 is 2.70 bits per heavy atom. The molecule has 0 spiro atoms. The summed E-state index contributed by atoms with van der Waals surface area (Å²) in [5, 5.41) is 0.385. The molecule has 2 aromatic rings. The summed E-state index contributed by atoms with van der Waals surface area (Å²) in [5.41, 5.74) is 7.75. The van der Waals surface area contributed by atoms with E-state index < -0.39 is 5.97 Å². The van der Waals surface area contributed by atoms with Crippen LogP contribution in [0.3, 0.4) is 0 Å². The lowest BCUT2D eigenvalue weighted by Gasteiger charge is -2.08. The Morgan fingerprint density at radius 1 is 1.30 bits per heavy atom. The van der Waals surface area contributed by atoms with Gasteiger partial charge in [-0.15, -0.1) is 0 Å². The van der Waals surface area contributed by atoms with Crippen molar-refractivity contribution in [3.8, 4) is 0 Å². The molecule has 5 heteroatoms. The van der Waals surface area contributed by atoms with Crippen LogP contribution < -0.4 is 5.73 Å². The zero-order valence-electron chi connectivity index (χ0n) is 10.8. The monoisotopic (exact) mass is 293 g/mol. The molecule has 0 amide bonds. The van der Waals surface area contributed by atoms with Gasteiger partial charge in [-0.25, -0.2) is 9.18 Å². The molecule has 0 saturated heterocycles. The first-order valence-corrected chi connectivity index (χ1v) is 6.32. The van der Waals surface area contributed by atoms with Crippen LogP contribution in [-0.4, -0.2) is 5.97 Å². The fraction of sp³-hybridized carbons (Fsp3) is 0.133. The Bertz CT molecular complexity index is 658. The smallest absolute Gasteiger partial charge is 0.338 e. The quantitative estimate of drug-likeness (QED) is 0.693. The number of carbonyl (C=O) groups excluding carboxylic acids is 1. The second-order valence-electron chi connectivity index (χ2n) is 4.38. The summed E-state index contributed by atoms with van der Waals surface area (Å²) < 4.78 is 18.1. The van der Waals surface area contributed by atoms with Crippen molar-refractivity contribution in [1.29, 1.82) is 0 Å². The second-order valence-corrected chi connectivity index (χ2v) is 4.79. The minimum absolute atomic E-state index is 0.0769. The number of hydrogen-bond donors (Lipinski definition) is 1. The highest BCUT2D eigenvalue weighted by Gasteiger charge is 2.10. The van der Waals surface area contributed by atoms with Crippen molar-refractivity contribution in [2.75, 3.05) is 5.73 Å². The van der Waals surface area contributed by atoms with Crippen LogP contribution in [0.5, 0.6) is 0 Å². The van der Waals surface area contributed by atoms with Gasteiger partial charge in [-0.05, 0) is 48.4 Å². The summed E-state index contributed by atoms with van der Waals surface area (Å²) in [6.45, 7) is 1.83. The average Bonchev–Trinajstić information content (AvgIpc) is 2.40. The molecule has 0 aliphatic carbocycles.